The Balaban J connectivity index is 3.01. The highest BCUT2D eigenvalue weighted by molar-refractivity contribution is 4.52. The average Bonchev–Trinajstić information content (AvgIpc) is 2.93. The summed E-state index contributed by atoms with van der Waals surface area (Å²) < 4.78 is 5.77. The smallest absolute Gasteiger partial charge is 0.0466 e. The zero-order valence-electron chi connectivity index (χ0n) is 27.2. The molecule has 0 aliphatic rings. The van der Waals surface area contributed by atoms with Crippen molar-refractivity contribution in [3.63, 3.8) is 0 Å². The number of hydrogen-bond donors (Lipinski definition) is 0. The zero-order valence-corrected chi connectivity index (χ0v) is 27.2. The molecule has 0 rings (SSSR count). The van der Waals surface area contributed by atoms with Gasteiger partial charge in [0, 0.05) is 13.2 Å². The fourth-order valence-corrected chi connectivity index (χ4v) is 5.78. The summed E-state index contributed by atoms with van der Waals surface area (Å²) in [5, 5.41) is 0. The third kappa shape index (κ3) is 36.0. The summed E-state index contributed by atoms with van der Waals surface area (Å²) in [4.78, 5) is 0. The van der Waals surface area contributed by atoms with Crippen LogP contribution in [-0.4, -0.2) is 13.2 Å². The van der Waals surface area contributed by atoms with E-state index in [4.69, 9.17) is 4.74 Å². The Labute approximate surface area is 243 Å². The maximum Gasteiger partial charge on any atom is 0.0466 e. The first-order chi connectivity index (χ1) is 18.9. The summed E-state index contributed by atoms with van der Waals surface area (Å²) in [7, 11) is 0. The van der Waals surface area contributed by atoms with Crippen LogP contribution in [0.3, 0.4) is 0 Å². The first-order valence-corrected chi connectivity index (χ1v) is 18.5. The van der Waals surface area contributed by atoms with E-state index < -0.39 is 0 Å². The van der Waals surface area contributed by atoms with Crippen LogP contribution in [-0.2, 0) is 4.74 Å². The SMILES string of the molecule is CCCCCCCCCCCCCCCCCCCCCCCCCCCCCCOCCCCCCC. The van der Waals surface area contributed by atoms with Gasteiger partial charge in [0.05, 0.1) is 0 Å². The monoisotopic (exact) mass is 537 g/mol. The van der Waals surface area contributed by atoms with Crippen LogP contribution in [0.5, 0.6) is 0 Å². The molecule has 0 fully saturated rings. The summed E-state index contributed by atoms with van der Waals surface area (Å²) in [5.74, 6) is 0. The summed E-state index contributed by atoms with van der Waals surface area (Å²) in [6.07, 6.45) is 47.7. The molecule has 0 aromatic carbocycles. The van der Waals surface area contributed by atoms with E-state index in [9.17, 15) is 0 Å². The molecule has 0 atom stereocenters. The van der Waals surface area contributed by atoms with Gasteiger partial charge in [0.25, 0.3) is 0 Å². The summed E-state index contributed by atoms with van der Waals surface area (Å²) in [6.45, 7) is 6.57. The molecule has 230 valence electrons. The van der Waals surface area contributed by atoms with Crippen molar-refractivity contribution in [1.29, 1.82) is 0 Å². The molecule has 0 aliphatic carbocycles. The van der Waals surface area contributed by atoms with Crippen molar-refractivity contribution in [1.82, 2.24) is 0 Å². The molecule has 0 aliphatic heterocycles. The fraction of sp³-hybridized carbons (Fsp3) is 1.00. The first kappa shape index (κ1) is 38.0. The lowest BCUT2D eigenvalue weighted by atomic mass is 10.0. The standard InChI is InChI=1S/C37H76O/c1-3-5-7-9-10-11-12-13-14-15-16-17-18-19-20-21-22-23-24-25-26-27-28-29-30-31-33-35-37-38-36-34-32-8-6-4-2/h3-37H2,1-2H3. The zero-order chi connectivity index (χ0) is 27.5. The van der Waals surface area contributed by atoms with Gasteiger partial charge in [-0.2, -0.15) is 0 Å². The van der Waals surface area contributed by atoms with E-state index in [1.807, 2.05) is 0 Å². The third-order valence-electron chi connectivity index (χ3n) is 8.53. The molecule has 0 spiro atoms. The van der Waals surface area contributed by atoms with Crippen molar-refractivity contribution < 1.29 is 4.74 Å². The second kappa shape index (κ2) is 37.0. The second-order valence-electron chi connectivity index (χ2n) is 12.6. The van der Waals surface area contributed by atoms with Crippen LogP contribution in [0.1, 0.15) is 226 Å². The van der Waals surface area contributed by atoms with Crippen LogP contribution in [0.4, 0.5) is 0 Å². The minimum atomic E-state index is 0.989. The molecule has 0 aromatic heterocycles. The maximum absolute atomic E-state index is 5.77. The van der Waals surface area contributed by atoms with E-state index in [1.54, 1.807) is 0 Å². The van der Waals surface area contributed by atoms with Crippen molar-refractivity contribution in [3.05, 3.63) is 0 Å². The van der Waals surface area contributed by atoms with Crippen LogP contribution in [0.15, 0.2) is 0 Å². The van der Waals surface area contributed by atoms with Crippen LogP contribution >= 0.6 is 0 Å². The summed E-state index contributed by atoms with van der Waals surface area (Å²) in [6, 6.07) is 0. The Morgan fingerprint density at radius 2 is 0.368 bits per heavy atom. The molecule has 0 bridgehead atoms. The summed E-state index contributed by atoms with van der Waals surface area (Å²) in [5.41, 5.74) is 0. The van der Waals surface area contributed by atoms with Gasteiger partial charge in [-0.15, -0.1) is 0 Å². The van der Waals surface area contributed by atoms with E-state index in [-0.39, 0.29) is 0 Å². The molecule has 0 unspecified atom stereocenters. The Morgan fingerprint density at radius 3 is 0.553 bits per heavy atom. The maximum atomic E-state index is 5.77. The van der Waals surface area contributed by atoms with Crippen molar-refractivity contribution in [2.45, 2.75) is 226 Å². The van der Waals surface area contributed by atoms with Gasteiger partial charge < -0.3 is 4.74 Å². The molecular weight excluding hydrogens is 460 g/mol. The van der Waals surface area contributed by atoms with Crippen LogP contribution < -0.4 is 0 Å². The largest absolute Gasteiger partial charge is 0.381 e. The Kier molecular flexibility index (Phi) is 36.9. The van der Waals surface area contributed by atoms with E-state index in [0.29, 0.717) is 0 Å². The molecule has 0 heterocycles. The quantitative estimate of drug-likeness (QED) is 0.0732. The summed E-state index contributed by atoms with van der Waals surface area (Å²) >= 11 is 0. The van der Waals surface area contributed by atoms with E-state index in [0.717, 1.165) is 13.2 Å². The van der Waals surface area contributed by atoms with Gasteiger partial charge in [-0.3, -0.25) is 0 Å². The molecule has 38 heavy (non-hydrogen) atoms. The predicted octanol–water partition coefficient (Wildman–Crippen LogP) is 13.9. The molecule has 0 amide bonds. The molecule has 0 saturated heterocycles. The van der Waals surface area contributed by atoms with Crippen molar-refractivity contribution in [3.8, 4) is 0 Å². The minimum absolute atomic E-state index is 0.989. The number of ether oxygens (including phenoxy) is 1. The highest BCUT2D eigenvalue weighted by Gasteiger charge is 1.97. The van der Waals surface area contributed by atoms with Gasteiger partial charge >= 0.3 is 0 Å². The Morgan fingerprint density at radius 1 is 0.211 bits per heavy atom. The Bertz CT molecular complexity index is 343. The highest BCUT2D eigenvalue weighted by Crippen LogP contribution is 2.16. The van der Waals surface area contributed by atoms with E-state index in [1.165, 1.54) is 212 Å². The predicted molar refractivity (Wildman–Crippen MR) is 175 cm³/mol. The molecule has 1 heteroatoms. The van der Waals surface area contributed by atoms with Gasteiger partial charge in [0.2, 0.25) is 0 Å². The van der Waals surface area contributed by atoms with Crippen LogP contribution in [0.2, 0.25) is 0 Å². The minimum Gasteiger partial charge on any atom is -0.381 e. The van der Waals surface area contributed by atoms with Gasteiger partial charge in [-0.1, -0.05) is 213 Å². The lowest BCUT2D eigenvalue weighted by Crippen LogP contribution is -1.97. The Hall–Kier alpha value is -0.0400. The molecular formula is C37H76O. The molecule has 1 nitrogen and oxygen atoms in total. The lowest BCUT2D eigenvalue weighted by molar-refractivity contribution is 0.125. The van der Waals surface area contributed by atoms with Gasteiger partial charge in [-0.25, -0.2) is 0 Å². The van der Waals surface area contributed by atoms with E-state index in [2.05, 4.69) is 13.8 Å². The topological polar surface area (TPSA) is 9.23 Å². The van der Waals surface area contributed by atoms with Crippen LogP contribution in [0, 0.1) is 0 Å². The fourth-order valence-electron chi connectivity index (χ4n) is 5.78. The molecule has 0 saturated carbocycles. The third-order valence-corrected chi connectivity index (χ3v) is 8.53. The number of rotatable bonds is 35. The van der Waals surface area contributed by atoms with Gasteiger partial charge in [0.15, 0.2) is 0 Å². The highest BCUT2D eigenvalue weighted by atomic mass is 16.5. The second-order valence-corrected chi connectivity index (χ2v) is 12.6. The van der Waals surface area contributed by atoms with Crippen molar-refractivity contribution in [2.75, 3.05) is 13.2 Å². The van der Waals surface area contributed by atoms with Gasteiger partial charge in [-0.05, 0) is 12.8 Å². The van der Waals surface area contributed by atoms with Crippen molar-refractivity contribution >= 4 is 0 Å². The molecule has 0 aromatic rings. The molecule has 0 radical (unpaired) electrons. The normalized spacial score (nSPS) is 11.5. The first-order valence-electron chi connectivity index (χ1n) is 18.5. The van der Waals surface area contributed by atoms with Crippen LogP contribution in [0.25, 0.3) is 0 Å². The molecule has 0 N–H and O–H groups in total. The lowest BCUT2D eigenvalue weighted by Gasteiger charge is -2.05. The average molecular weight is 537 g/mol. The number of hydrogen-bond acceptors (Lipinski definition) is 1. The van der Waals surface area contributed by atoms with Crippen molar-refractivity contribution in [2.24, 2.45) is 0 Å². The van der Waals surface area contributed by atoms with Gasteiger partial charge in [0.1, 0.15) is 0 Å². The number of unbranched alkanes of at least 4 members (excludes halogenated alkanes) is 31. The van der Waals surface area contributed by atoms with E-state index >= 15 is 0 Å².